The van der Waals surface area contributed by atoms with Crippen molar-refractivity contribution in [1.82, 2.24) is 9.55 Å². The molecule has 2 rings (SSSR count). The molecule has 4 heteroatoms. The Balaban J connectivity index is 1.94. The maximum Gasteiger partial charge on any atom is 0.181 e. The summed E-state index contributed by atoms with van der Waals surface area (Å²) in [7, 11) is 1.85. The molecule has 0 N–H and O–H groups in total. The molecule has 0 aliphatic carbocycles. The second kappa shape index (κ2) is 4.57. The summed E-state index contributed by atoms with van der Waals surface area (Å²) in [6.07, 6.45) is 5.94. The summed E-state index contributed by atoms with van der Waals surface area (Å²) in [6, 6.07) is 0. The highest BCUT2D eigenvalue weighted by Crippen LogP contribution is 2.20. The van der Waals surface area contributed by atoms with Crippen molar-refractivity contribution in [3.63, 3.8) is 0 Å². The molecule has 0 aromatic carbocycles. The van der Waals surface area contributed by atoms with Crippen LogP contribution in [0.4, 0.5) is 0 Å². The Kier molecular flexibility index (Phi) is 3.16. The molecule has 1 saturated heterocycles. The zero-order chi connectivity index (χ0) is 10.7. The zero-order valence-corrected chi connectivity index (χ0v) is 8.98. The van der Waals surface area contributed by atoms with Crippen molar-refractivity contribution in [2.75, 3.05) is 13.2 Å². The molecule has 0 unspecified atom stereocenters. The molecule has 0 bridgehead atoms. The standard InChI is InChI=1S/C11H16N2O2/c1-13-8-12-7-10(13)11(14)6-9-2-4-15-5-3-9/h7-9H,2-6H2,1H3. The molecule has 0 amide bonds. The molecule has 15 heavy (non-hydrogen) atoms. The van der Waals surface area contributed by atoms with E-state index in [1.807, 2.05) is 7.05 Å². The number of carbonyl (C=O) groups is 1. The molecule has 82 valence electrons. The SMILES string of the molecule is Cn1cncc1C(=O)CC1CCOCC1. The molecule has 1 fully saturated rings. The van der Waals surface area contributed by atoms with Crippen LogP contribution >= 0.6 is 0 Å². The Hall–Kier alpha value is -1.16. The normalized spacial score (nSPS) is 17.9. The fourth-order valence-corrected chi connectivity index (χ4v) is 1.94. The van der Waals surface area contributed by atoms with Gasteiger partial charge in [0.2, 0.25) is 0 Å². The van der Waals surface area contributed by atoms with Gasteiger partial charge in [-0.1, -0.05) is 0 Å². The van der Waals surface area contributed by atoms with E-state index in [1.54, 1.807) is 17.1 Å². The lowest BCUT2D eigenvalue weighted by atomic mass is 9.93. The van der Waals surface area contributed by atoms with Gasteiger partial charge < -0.3 is 9.30 Å². The smallest absolute Gasteiger partial charge is 0.181 e. The summed E-state index contributed by atoms with van der Waals surface area (Å²) in [4.78, 5) is 15.8. The minimum absolute atomic E-state index is 0.196. The quantitative estimate of drug-likeness (QED) is 0.706. The molecule has 2 heterocycles. The van der Waals surface area contributed by atoms with E-state index in [2.05, 4.69) is 4.98 Å². The van der Waals surface area contributed by atoms with Crippen molar-refractivity contribution in [3.8, 4) is 0 Å². The van der Waals surface area contributed by atoms with Crippen LogP contribution in [0.25, 0.3) is 0 Å². The van der Waals surface area contributed by atoms with Gasteiger partial charge in [-0.25, -0.2) is 4.98 Å². The number of carbonyl (C=O) groups excluding carboxylic acids is 1. The average Bonchev–Trinajstić information content (AvgIpc) is 2.66. The van der Waals surface area contributed by atoms with Crippen molar-refractivity contribution in [2.45, 2.75) is 19.3 Å². The van der Waals surface area contributed by atoms with Gasteiger partial charge in [-0.3, -0.25) is 4.79 Å². The number of hydrogen-bond donors (Lipinski definition) is 0. The highest BCUT2D eigenvalue weighted by molar-refractivity contribution is 5.94. The molecular formula is C11H16N2O2. The van der Waals surface area contributed by atoms with Gasteiger partial charge in [0, 0.05) is 26.7 Å². The lowest BCUT2D eigenvalue weighted by Gasteiger charge is -2.21. The van der Waals surface area contributed by atoms with Crippen molar-refractivity contribution in [2.24, 2.45) is 13.0 Å². The Bertz CT molecular complexity index is 340. The van der Waals surface area contributed by atoms with E-state index in [9.17, 15) is 4.79 Å². The predicted molar refractivity (Wildman–Crippen MR) is 55.7 cm³/mol. The van der Waals surface area contributed by atoms with Crippen molar-refractivity contribution in [1.29, 1.82) is 0 Å². The molecule has 0 atom stereocenters. The van der Waals surface area contributed by atoms with Crippen LogP contribution in [-0.2, 0) is 11.8 Å². The molecule has 1 aliphatic rings. The monoisotopic (exact) mass is 208 g/mol. The number of aromatic nitrogens is 2. The zero-order valence-electron chi connectivity index (χ0n) is 8.98. The van der Waals surface area contributed by atoms with Crippen LogP contribution in [0.5, 0.6) is 0 Å². The third kappa shape index (κ3) is 2.45. The highest BCUT2D eigenvalue weighted by atomic mass is 16.5. The van der Waals surface area contributed by atoms with Gasteiger partial charge in [0.1, 0.15) is 5.69 Å². The Morgan fingerprint density at radius 3 is 2.93 bits per heavy atom. The van der Waals surface area contributed by atoms with Gasteiger partial charge in [-0.2, -0.15) is 0 Å². The lowest BCUT2D eigenvalue weighted by molar-refractivity contribution is 0.0598. The van der Waals surface area contributed by atoms with Crippen LogP contribution in [-0.4, -0.2) is 28.5 Å². The number of ketones is 1. The van der Waals surface area contributed by atoms with Gasteiger partial charge in [0.05, 0.1) is 12.5 Å². The van der Waals surface area contributed by atoms with Gasteiger partial charge >= 0.3 is 0 Å². The van der Waals surface area contributed by atoms with E-state index in [4.69, 9.17) is 4.74 Å². The first-order valence-electron chi connectivity index (χ1n) is 5.34. The van der Waals surface area contributed by atoms with Gasteiger partial charge in [-0.15, -0.1) is 0 Å². The van der Waals surface area contributed by atoms with E-state index >= 15 is 0 Å². The summed E-state index contributed by atoms with van der Waals surface area (Å²) in [5.41, 5.74) is 0.710. The molecule has 0 saturated carbocycles. The minimum atomic E-state index is 0.196. The minimum Gasteiger partial charge on any atom is -0.381 e. The van der Waals surface area contributed by atoms with E-state index < -0.39 is 0 Å². The number of aryl methyl sites for hydroxylation is 1. The molecule has 0 radical (unpaired) electrons. The molecule has 4 nitrogen and oxygen atoms in total. The topological polar surface area (TPSA) is 44.1 Å². The first kappa shape index (κ1) is 10.4. The number of ether oxygens (including phenoxy) is 1. The summed E-state index contributed by atoms with van der Waals surface area (Å²) >= 11 is 0. The van der Waals surface area contributed by atoms with Gasteiger partial charge in [0.15, 0.2) is 5.78 Å². The summed E-state index contributed by atoms with van der Waals surface area (Å²) < 4.78 is 7.05. The van der Waals surface area contributed by atoms with Crippen molar-refractivity contribution in [3.05, 3.63) is 18.2 Å². The van der Waals surface area contributed by atoms with Crippen LogP contribution in [0, 0.1) is 5.92 Å². The summed E-state index contributed by atoms with van der Waals surface area (Å²) in [5, 5.41) is 0. The predicted octanol–water partition coefficient (Wildman–Crippen LogP) is 1.42. The van der Waals surface area contributed by atoms with Crippen molar-refractivity contribution >= 4 is 5.78 Å². The van der Waals surface area contributed by atoms with Gasteiger partial charge in [0.25, 0.3) is 0 Å². The molecule has 1 aliphatic heterocycles. The largest absolute Gasteiger partial charge is 0.381 e. The van der Waals surface area contributed by atoms with Crippen LogP contribution in [0.3, 0.4) is 0 Å². The third-order valence-electron chi connectivity index (χ3n) is 2.92. The maximum absolute atomic E-state index is 11.9. The number of imidazole rings is 1. The van der Waals surface area contributed by atoms with Crippen molar-refractivity contribution < 1.29 is 9.53 Å². The first-order valence-corrected chi connectivity index (χ1v) is 5.34. The number of Topliss-reactive ketones (excluding diaryl/α,β-unsaturated/α-hetero) is 1. The van der Waals surface area contributed by atoms with Crippen LogP contribution in [0.1, 0.15) is 29.8 Å². The second-order valence-corrected chi connectivity index (χ2v) is 4.07. The number of rotatable bonds is 3. The van der Waals surface area contributed by atoms with Crippen LogP contribution in [0.15, 0.2) is 12.5 Å². The Labute approximate surface area is 89.3 Å². The van der Waals surface area contributed by atoms with Crippen LogP contribution in [0.2, 0.25) is 0 Å². The second-order valence-electron chi connectivity index (χ2n) is 4.07. The third-order valence-corrected chi connectivity index (χ3v) is 2.92. The van der Waals surface area contributed by atoms with E-state index in [0.717, 1.165) is 26.1 Å². The summed E-state index contributed by atoms with van der Waals surface area (Å²) in [5.74, 6) is 0.683. The average molecular weight is 208 g/mol. The van der Waals surface area contributed by atoms with E-state index in [0.29, 0.717) is 18.0 Å². The maximum atomic E-state index is 11.9. The Morgan fingerprint density at radius 1 is 1.60 bits per heavy atom. The fraction of sp³-hybridized carbons (Fsp3) is 0.636. The van der Waals surface area contributed by atoms with E-state index in [1.165, 1.54) is 0 Å². The van der Waals surface area contributed by atoms with E-state index in [-0.39, 0.29) is 5.78 Å². The first-order chi connectivity index (χ1) is 7.27. The molecule has 1 aromatic heterocycles. The summed E-state index contributed by atoms with van der Waals surface area (Å²) in [6.45, 7) is 1.59. The number of nitrogens with zero attached hydrogens (tertiary/aromatic N) is 2. The molecule has 0 spiro atoms. The fourth-order valence-electron chi connectivity index (χ4n) is 1.94. The molecular weight excluding hydrogens is 192 g/mol. The number of hydrogen-bond acceptors (Lipinski definition) is 3. The molecule has 1 aromatic rings. The Morgan fingerprint density at radius 2 is 2.33 bits per heavy atom. The lowest BCUT2D eigenvalue weighted by Crippen LogP contribution is -2.19. The van der Waals surface area contributed by atoms with Crippen LogP contribution < -0.4 is 0 Å². The highest BCUT2D eigenvalue weighted by Gasteiger charge is 2.19. The van der Waals surface area contributed by atoms with Gasteiger partial charge in [-0.05, 0) is 18.8 Å².